The molecular formula is C15H23NO3. The largest absolute Gasteiger partial charge is 0.480 e. The number of terminal acetylenes is 1. The summed E-state index contributed by atoms with van der Waals surface area (Å²) in [6.45, 7) is 2.12. The molecule has 0 heterocycles. The topological polar surface area (TPSA) is 66.4 Å². The maximum atomic E-state index is 11.8. The lowest BCUT2D eigenvalue weighted by molar-refractivity contribution is -0.149. The number of carbonyl (C=O) groups excluding carboxylic acids is 1. The molecule has 1 aliphatic rings. The molecule has 1 aliphatic carbocycles. The van der Waals surface area contributed by atoms with E-state index in [4.69, 9.17) is 6.42 Å². The minimum Gasteiger partial charge on any atom is -0.480 e. The van der Waals surface area contributed by atoms with Crippen molar-refractivity contribution >= 4 is 11.9 Å². The number of unbranched alkanes of at least 4 members (excludes halogenated alkanes) is 2. The molecule has 0 saturated heterocycles. The molecule has 4 heteroatoms. The molecule has 0 radical (unpaired) electrons. The van der Waals surface area contributed by atoms with E-state index >= 15 is 0 Å². The summed E-state index contributed by atoms with van der Waals surface area (Å²) in [4.78, 5) is 23.3. The van der Waals surface area contributed by atoms with Gasteiger partial charge >= 0.3 is 5.97 Å². The fourth-order valence-corrected chi connectivity index (χ4v) is 2.49. The molecule has 4 nitrogen and oxygen atoms in total. The van der Waals surface area contributed by atoms with Crippen molar-refractivity contribution in [3.8, 4) is 12.3 Å². The van der Waals surface area contributed by atoms with E-state index in [1.54, 1.807) is 0 Å². The van der Waals surface area contributed by atoms with Gasteiger partial charge in [0.15, 0.2) is 0 Å². The predicted octanol–water partition coefficient (Wildman–Crippen LogP) is 2.33. The summed E-state index contributed by atoms with van der Waals surface area (Å²) < 4.78 is 0. The van der Waals surface area contributed by atoms with Gasteiger partial charge in [-0.25, -0.2) is 4.79 Å². The number of amides is 1. The van der Waals surface area contributed by atoms with Crippen molar-refractivity contribution in [2.75, 3.05) is 0 Å². The average Bonchev–Trinajstić information content (AvgIpc) is 2.37. The zero-order valence-corrected chi connectivity index (χ0v) is 11.6. The number of carbonyl (C=O) groups is 2. The molecule has 1 amide bonds. The van der Waals surface area contributed by atoms with E-state index in [1.165, 1.54) is 0 Å². The SMILES string of the molecule is C#CCCCCC(=O)NC1(C(=O)O)CCC(C)CC1. The third kappa shape index (κ3) is 4.59. The fourth-order valence-electron chi connectivity index (χ4n) is 2.49. The zero-order chi connectivity index (χ0) is 14.3. The Morgan fingerprint density at radius 1 is 1.37 bits per heavy atom. The maximum Gasteiger partial charge on any atom is 0.329 e. The Kier molecular flexibility index (Phi) is 5.88. The number of carboxylic acid groups (broad SMARTS) is 1. The second-order valence-electron chi connectivity index (χ2n) is 5.53. The van der Waals surface area contributed by atoms with Crippen LogP contribution < -0.4 is 5.32 Å². The van der Waals surface area contributed by atoms with Crippen molar-refractivity contribution < 1.29 is 14.7 Å². The van der Waals surface area contributed by atoms with Crippen LogP contribution in [0, 0.1) is 18.3 Å². The van der Waals surface area contributed by atoms with Crippen molar-refractivity contribution in [1.82, 2.24) is 5.32 Å². The van der Waals surface area contributed by atoms with Gasteiger partial charge in [0.1, 0.15) is 5.54 Å². The van der Waals surface area contributed by atoms with Gasteiger partial charge in [0.25, 0.3) is 0 Å². The maximum absolute atomic E-state index is 11.8. The normalized spacial score (nSPS) is 26.4. The molecule has 19 heavy (non-hydrogen) atoms. The first-order chi connectivity index (χ1) is 9.00. The van der Waals surface area contributed by atoms with Crippen molar-refractivity contribution in [2.45, 2.75) is 63.8 Å². The summed E-state index contributed by atoms with van der Waals surface area (Å²) in [5.74, 6) is 1.99. The summed E-state index contributed by atoms with van der Waals surface area (Å²) in [7, 11) is 0. The number of hydrogen-bond donors (Lipinski definition) is 2. The molecule has 1 saturated carbocycles. The summed E-state index contributed by atoms with van der Waals surface area (Å²) in [5, 5.41) is 12.1. The molecule has 1 rings (SSSR count). The van der Waals surface area contributed by atoms with Crippen LogP contribution in [-0.2, 0) is 9.59 Å². The quantitative estimate of drug-likeness (QED) is 0.572. The Hall–Kier alpha value is -1.50. The summed E-state index contributed by atoms with van der Waals surface area (Å²) in [5.41, 5.74) is -1.05. The number of rotatable bonds is 6. The van der Waals surface area contributed by atoms with Crippen LogP contribution >= 0.6 is 0 Å². The second-order valence-corrected chi connectivity index (χ2v) is 5.53. The Morgan fingerprint density at radius 2 is 2.00 bits per heavy atom. The summed E-state index contributed by atoms with van der Waals surface area (Å²) in [6.07, 6.45) is 10.4. The van der Waals surface area contributed by atoms with Crippen LogP contribution in [0.4, 0.5) is 0 Å². The number of carboxylic acids is 1. The molecule has 0 atom stereocenters. The lowest BCUT2D eigenvalue weighted by Gasteiger charge is -2.36. The molecule has 2 N–H and O–H groups in total. The Bertz CT molecular complexity index is 362. The lowest BCUT2D eigenvalue weighted by Crippen LogP contribution is -2.56. The van der Waals surface area contributed by atoms with Gasteiger partial charge in [-0.05, 0) is 44.4 Å². The Balaban J connectivity index is 2.48. The Morgan fingerprint density at radius 3 is 2.53 bits per heavy atom. The van der Waals surface area contributed by atoms with Gasteiger partial charge in [-0.1, -0.05) is 6.92 Å². The molecular weight excluding hydrogens is 242 g/mol. The van der Waals surface area contributed by atoms with E-state index in [9.17, 15) is 14.7 Å². The molecule has 0 aromatic carbocycles. The van der Waals surface area contributed by atoms with Gasteiger partial charge in [-0.3, -0.25) is 4.79 Å². The van der Waals surface area contributed by atoms with E-state index in [0.29, 0.717) is 38.0 Å². The third-order valence-electron chi connectivity index (χ3n) is 3.89. The average molecular weight is 265 g/mol. The number of hydrogen-bond acceptors (Lipinski definition) is 2. The molecule has 0 aromatic heterocycles. The van der Waals surface area contributed by atoms with E-state index < -0.39 is 11.5 Å². The highest BCUT2D eigenvalue weighted by atomic mass is 16.4. The van der Waals surface area contributed by atoms with Crippen LogP contribution in [0.3, 0.4) is 0 Å². The van der Waals surface area contributed by atoms with E-state index in [1.807, 2.05) is 0 Å². The zero-order valence-electron chi connectivity index (χ0n) is 11.6. The smallest absolute Gasteiger partial charge is 0.329 e. The second kappa shape index (κ2) is 7.18. The van der Waals surface area contributed by atoms with Crippen LogP contribution in [0.1, 0.15) is 58.3 Å². The lowest BCUT2D eigenvalue weighted by atomic mass is 9.77. The van der Waals surface area contributed by atoms with Crippen LogP contribution in [-0.4, -0.2) is 22.5 Å². The van der Waals surface area contributed by atoms with Crippen LogP contribution in [0.15, 0.2) is 0 Å². The fraction of sp³-hybridized carbons (Fsp3) is 0.733. The highest BCUT2D eigenvalue weighted by molar-refractivity contribution is 5.87. The molecule has 0 bridgehead atoms. The predicted molar refractivity (Wildman–Crippen MR) is 73.4 cm³/mol. The first-order valence-electron chi connectivity index (χ1n) is 6.98. The van der Waals surface area contributed by atoms with Crippen molar-refractivity contribution in [2.24, 2.45) is 5.92 Å². The molecule has 0 aromatic rings. The standard InChI is InChI=1S/C15H23NO3/c1-3-4-5-6-7-13(17)16-15(14(18)19)10-8-12(2)9-11-15/h1,12H,4-11H2,2H3,(H,16,17)(H,18,19). The molecule has 0 aliphatic heterocycles. The van der Waals surface area contributed by atoms with Crippen molar-refractivity contribution in [1.29, 1.82) is 0 Å². The number of aliphatic carboxylic acids is 1. The van der Waals surface area contributed by atoms with Crippen LogP contribution in [0.5, 0.6) is 0 Å². The van der Waals surface area contributed by atoms with Gasteiger partial charge < -0.3 is 10.4 Å². The summed E-state index contributed by atoms with van der Waals surface area (Å²) >= 11 is 0. The molecule has 0 unspecified atom stereocenters. The first-order valence-corrected chi connectivity index (χ1v) is 6.98. The summed E-state index contributed by atoms with van der Waals surface area (Å²) in [6, 6.07) is 0. The minimum atomic E-state index is -1.05. The van der Waals surface area contributed by atoms with Gasteiger partial charge in [0.2, 0.25) is 5.91 Å². The number of nitrogens with one attached hydrogen (secondary N) is 1. The van der Waals surface area contributed by atoms with E-state index in [0.717, 1.165) is 19.3 Å². The van der Waals surface area contributed by atoms with Crippen molar-refractivity contribution in [3.63, 3.8) is 0 Å². The van der Waals surface area contributed by atoms with Gasteiger partial charge in [0.05, 0.1) is 0 Å². The first kappa shape index (κ1) is 15.6. The highest BCUT2D eigenvalue weighted by Gasteiger charge is 2.42. The minimum absolute atomic E-state index is 0.172. The van der Waals surface area contributed by atoms with Crippen LogP contribution in [0.25, 0.3) is 0 Å². The van der Waals surface area contributed by atoms with E-state index in [-0.39, 0.29) is 5.91 Å². The highest BCUT2D eigenvalue weighted by Crippen LogP contribution is 2.32. The Labute approximate surface area is 115 Å². The van der Waals surface area contributed by atoms with Crippen LogP contribution in [0.2, 0.25) is 0 Å². The van der Waals surface area contributed by atoms with Gasteiger partial charge in [0, 0.05) is 12.8 Å². The van der Waals surface area contributed by atoms with Gasteiger partial charge in [-0.15, -0.1) is 12.3 Å². The molecule has 1 fully saturated rings. The van der Waals surface area contributed by atoms with Crippen molar-refractivity contribution in [3.05, 3.63) is 0 Å². The van der Waals surface area contributed by atoms with E-state index in [2.05, 4.69) is 18.2 Å². The third-order valence-corrected chi connectivity index (χ3v) is 3.89. The monoisotopic (exact) mass is 265 g/mol. The van der Waals surface area contributed by atoms with Gasteiger partial charge in [-0.2, -0.15) is 0 Å². The molecule has 0 spiro atoms. The molecule has 106 valence electrons.